The van der Waals surface area contributed by atoms with E-state index >= 15 is 0 Å². The van der Waals surface area contributed by atoms with Crippen LogP contribution in [0.2, 0.25) is 0 Å². The Hall–Kier alpha value is -1.07. The van der Waals surface area contributed by atoms with Crippen LogP contribution in [0.5, 0.6) is 0 Å². The minimum absolute atomic E-state index is 0.0906. The average molecular weight is 403 g/mol. The average Bonchev–Trinajstić information content (AvgIpc) is 3.15. The van der Waals surface area contributed by atoms with Crippen molar-refractivity contribution in [2.75, 3.05) is 40.9 Å². The maximum absolute atomic E-state index is 10.4. The summed E-state index contributed by atoms with van der Waals surface area (Å²) in [7, 11) is 2.08. The molecule has 2 heterocycles. The van der Waals surface area contributed by atoms with E-state index in [0.29, 0.717) is 19.6 Å². The van der Waals surface area contributed by atoms with Crippen molar-refractivity contribution >= 4 is 10.1 Å². The number of aliphatic hydroxyl groups is 1. The van der Waals surface area contributed by atoms with Gasteiger partial charge in [0.2, 0.25) is 0 Å². The SMILES string of the molecule is C[N+](C)(C)C[C@@H]1C[C@@H](O)[C@H](C2OCCO2)O1.Cc1ccc(S(=O)(=O)[O-])cc1. The fourth-order valence-electron chi connectivity index (χ4n) is 3.02. The Kier molecular flexibility index (Phi) is 7.37. The van der Waals surface area contributed by atoms with Gasteiger partial charge in [0.1, 0.15) is 28.9 Å². The van der Waals surface area contributed by atoms with Crippen LogP contribution in [0.1, 0.15) is 12.0 Å². The third-order valence-electron chi connectivity index (χ3n) is 4.21. The lowest BCUT2D eigenvalue weighted by Gasteiger charge is -2.27. The van der Waals surface area contributed by atoms with Crippen molar-refractivity contribution in [1.82, 2.24) is 0 Å². The summed E-state index contributed by atoms with van der Waals surface area (Å²) in [6, 6.07) is 5.78. The van der Waals surface area contributed by atoms with Gasteiger partial charge in [0, 0.05) is 6.42 Å². The lowest BCUT2D eigenvalue weighted by Crippen LogP contribution is -2.42. The van der Waals surface area contributed by atoms with Crippen LogP contribution in [0.15, 0.2) is 29.2 Å². The monoisotopic (exact) mass is 403 g/mol. The van der Waals surface area contributed by atoms with Crippen LogP contribution in [0.4, 0.5) is 0 Å². The van der Waals surface area contributed by atoms with E-state index in [1.807, 2.05) is 6.92 Å². The Bertz CT molecular complexity index is 693. The van der Waals surface area contributed by atoms with Gasteiger partial charge in [0.05, 0.1) is 45.4 Å². The molecular formula is C18H29NO7S. The smallest absolute Gasteiger partial charge is 0.186 e. The predicted octanol–water partition coefficient (Wildman–Crippen LogP) is 0.483. The summed E-state index contributed by atoms with van der Waals surface area (Å²) in [5.74, 6) is 0. The molecule has 2 aliphatic heterocycles. The number of ether oxygens (including phenoxy) is 3. The first kappa shape index (κ1) is 22.2. The normalized spacial score (nSPS) is 26.7. The van der Waals surface area contributed by atoms with Crippen LogP contribution in [0.3, 0.4) is 0 Å². The zero-order chi connectivity index (χ0) is 20.2. The fourth-order valence-corrected chi connectivity index (χ4v) is 3.49. The molecule has 1 aromatic carbocycles. The van der Waals surface area contributed by atoms with E-state index in [0.717, 1.165) is 16.6 Å². The van der Waals surface area contributed by atoms with Gasteiger partial charge in [-0.1, -0.05) is 17.7 Å². The molecule has 0 saturated carbocycles. The minimum Gasteiger partial charge on any atom is -0.744 e. The molecule has 154 valence electrons. The van der Waals surface area contributed by atoms with Crippen LogP contribution in [-0.2, 0) is 24.3 Å². The molecule has 0 bridgehead atoms. The zero-order valence-corrected chi connectivity index (χ0v) is 17.0. The third-order valence-corrected chi connectivity index (χ3v) is 5.06. The van der Waals surface area contributed by atoms with Gasteiger partial charge in [0.15, 0.2) is 6.29 Å². The number of hydrogen-bond donors (Lipinski definition) is 1. The van der Waals surface area contributed by atoms with E-state index in [1.54, 1.807) is 12.1 Å². The van der Waals surface area contributed by atoms with Gasteiger partial charge in [-0.3, -0.25) is 0 Å². The molecule has 8 nitrogen and oxygen atoms in total. The van der Waals surface area contributed by atoms with Crippen molar-refractivity contribution in [2.45, 2.75) is 42.8 Å². The molecule has 1 aromatic rings. The standard InChI is InChI=1S/C11H22NO4.C7H8O3S/c1-12(2,3)7-8-6-9(13)10(16-8)11-14-4-5-15-11;1-6-2-4-7(5-3-6)11(8,9)10/h8-11,13H,4-7H2,1-3H3;2-5H,1H3,(H,8,9,10)/q+1;/p-1/t8-,9+,10+;/m0./s1. The maximum Gasteiger partial charge on any atom is 0.186 e. The molecule has 0 aromatic heterocycles. The second-order valence-corrected chi connectivity index (χ2v) is 9.26. The zero-order valence-electron chi connectivity index (χ0n) is 16.2. The molecule has 0 unspecified atom stereocenters. The second-order valence-electron chi connectivity index (χ2n) is 7.88. The van der Waals surface area contributed by atoms with E-state index in [1.165, 1.54) is 12.1 Å². The molecule has 2 aliphatic rings. The summed E-state index contributed by atoms with van der Waals surface area (Å²) < 4.78 is 48.6. The van der Waals surface area contributed by atoms with Gasteiger partial charge in [-0.05, 0) is 19.1 Å². The van der Waals surface area contributed by atoms with Crippen molar-refractivity contribution in [3.05, 3.63) is 29.8 Å². The summed E-state index contributed by atoms with van der Waals surface area (Å²) in [5.41, 5.74) is 0.928. The van der Waals surface area contributed by atoms with Crippen molar-refractivity contribution in [2.24, 2.45) is 0 Å². The molecular weight excluding hydrogens is 374 g/mol. The molecule has 2 fully saturated rings. The van der Waals surface area contributed by atoms with Crippen LogP contribution < -0.4 is 0 Å². The highest BCUT2D eigenvalue weighted by Crippen LogP contribution is 2.27. The number of quaternary nitrogens is 1. The van der Waals surface area contributed by atoms with Gasteiger partial charge in [-0.25, -0.2) is 8.42 Å². The molecule has 0 aliphatic carbocycles. The highest BCUT2D eigenvalue weighted by atomic mass is 32.2. The second kappa shape index (κ2) is 8.95. The van der Waals surface area contributed by atoms with E-state index in [9.17, 15) is 18.1 Å². The highest BCUT2D eigenvalue weighted by Gasteiger charge is 2.43. The van der Waals surface area contributed by atoms with Gasteiger partial charge in [-0.2, -0.15) is 0 Å². The molecule has 27 heavy (non-hydrogen) atoms. The molecule has 0 amide bonds. The summed E-state index contributed by atoms with van der Waals surface area (Å²) >= 11 is 0. The van der Waals surface area contributed by atoms with Crippen LogP contribution in [0.25, 0.3) is 0 Å². The Labute approximate surface area is 161 Å². The topological polar surface area (TPSA) is 105 Å². The number of rotatable bonds is 4. The van der Waals surface area contributed by atoms with Gasteiger partial charge in [0.25, 0.3) is 0 Å². The van der Waals surface area contributed by atoms with Crippen LogP contribution >= 0.6 is 0 Å². The first-order valence-electron chi connectivity index (χ1n) is 8.85. The van der Waals surface area contributed by atoms with E-state index in [2.05, 4.69) is 21.1 Å². The van der Waals surface area contributed by atoms with Crippen LogP contribution in [-0.4, -0.2) is 88.1 Å². The molecule has 0 radical (unpaired) electrons. The molecule has 3 rings (SSSR count). The number of aliphatic hydroxyl groups excluding tert-OH is 1. The van der Waals surface area contributed by atoms with Crippen molar-refractivity contribution < 1.29 is 36.8 Å². The first-order chi connectivity index (χ1) is 12.5. The van der Waals surface area contributed by atoms with E-state index in [-0.39, 0.29) is 23.4 Å². The highest BCUT2D eigenvalue weighted by molar-refractivity contribution is 7.85. The molecule has 0 spiro atoms. The lowest BCUT2D eigenvalue weighted by atomic mass is 10.1. The largest absolute Gasteiger partial charge is 0.744 e. The van der Waals surface area contributed by atoms with Gasteiger partial charge >= 0.3 is 0 Å². The number of hydrogen-bond acceptors (Lipinski definition) is 7. The van der Waals surface area contributed by atoms with Gasteiger partial charge < -0.3 is 28.4 Å². The molecule has 9 heteroatoms. The Morgan fingerprint density at radius 2 is 1.70 bits per heavy atom. The van der Waals surface area contributed by atoms with Crippen molar-refractivity contribution in [3.8, 4) is 0 Å². The maximum atomic E-state index is 10.4. The number of aryl methyl sites for hydroxylation is 1. The number of nitrogens with zero attached hydrogens (tertiary/aromatic N) is 1. The summed E-state index contributed by atoms with van der Waals surface area (Å²) in [6.07, 6.45) is -0.414. The van der Waals surface area contributed by atoms with E-state index in [4.69, 9.17) is 14.2 Å². The molecule has 2 saturated heterocycles. The predicted molar refractivity (Wildman–Crippen MR) is 97.0 cm³/mol. The fraction of sp³-hybridized carbons (Fsp3) is 0.667. The third kappa shape index (κ3) is 7.11. The quantitative estimate of drug-likeness (QED) is 0.576. The number of likely N-dealkylation sites (N-methyl/N-ethyl adjacent to an activating group) is 1. The van der Waals surface area contributed by atoms with Gasteiger partial charge in [-0.15, -0.1) is 0 Å². The van der Waals surface area contributed by atoms with Crippen molar-refractivity contribution in [3.63, 3.8) is 0 Å². The molecule has 3 atom stereocenters. The van der Waals surface area contributed by atoms with Crippen molar-refractivity contribution in [1.29, 1.82) is 0 Å². The Morgan fingerprint density at radius 3 is 2.19 bits per heavy atom. The molecule has 1 N–H and O–H groups in total. The van der Waals surface area contributed by atoms with Crippen LogP contribution in [0, 0.1) is 6.92 Å². The summed E-state index contributed by atoms with van der Waals surface area (Å²) in [5, 5.41) is 9.92. The first-order valence-corrected chi connectivity index (χ1v) is 10.3. The lowest BCUT2D eigenvalue weighted by molar-refractivity contribution is -0.873. The Morgan fingerprint density at radius 1 is 1.15 bits per heavy atom. The summed E-state index contributed by atoms with van der Waals surface area (Å²) in [6.45, 7) is 3.90. The minimum atomic E-state index is -4.27. The number of benzene rings is 1. The van der Waals surface area contributed by atoms with E-state index < -0.39 is 16.2 Å². The Balaban J connectivity index is 0.000000208. The summed E-state index contributed by atoms with van der Waals surface area (Å²) in [4.78, 5) is -0.178.